The Kier molecular flexibility index (Phi) is 4.87. The Morgan fingerprint density at radius 3 is 2.96 bits per heavy atom. The first-order valence-corrected chi connectivity index (χ1v) is 8.70. The third-order valence-corrected chi connectivity index (χ3v) is 5.13. The number of thioether (sulfide) groups is 1. The minimum absolute atomic E-state index is 0.199. The van der Waals surface area contributed by atoms with Gasteiger partial charge < -0.3 is 5.32 Å². The molecule has 4 nitrogen and oxygen atoms in total. The first-order valence-electron chi connectivity index (χ1n) is 7.34. The number of halogens is 2. The van der Waals surface area contributed by atoms with Gasteiger partial charge in [-0.3, -0.25) is 4.79 Å². The van der Waals surface area contributed by atoms with Crippen molar-refractivity contribution >= 4 is 45.7 Å². The lowest BCUT2D eigenvalue weighted by Crippen LogP contribution is -2.15. The average molecular weight is 364 g/mol. The third-order valence-electron chi connectivity index (χ3n) is 3.77. The van der Waals surface area contributed by atoms with Gasteiger partial charge >= 0.3 is 0 Å². The molecule has 1 aliphatic heterocycles. The number of benzene rings is 1. The number of anilines is 1. The van der Waals surface area contributed by atoms with Gasteiger partial charge in [0.25, 0.3) is 0 Å². The zero-order valence-corrected chi connectivity index (χ0v) is 14.8. The number of pyridine rings is 1. The topological polar surface area (TPSA) is 54.4 Å². The molecule has 1 aromatic carbocycles. The van der Waals surface area contributed by atoms with E-state index in [4.69, 9.17) is 11.6 Å². The molecule has 7 heteroatoms. The summed E-state index contributed by atoms with van der Waals surface area (Å²) in [5.41, 5.74) is 3.78. The van der Waals surface area contributed by atoms with Gasteiger partial charge in [-0.2, -0.15) is 0 Å². The van der Waals surface area contributed by atoms with Crippen molar-refractivity contribution in [3.05, 3.63) is 52.1 Å². The number of aromatic nitrogens is 1. The van der Waals surface area contributed by atoms with Crippen LogP contribution in [0.15, 0.2) is 29.4 Å². The first-order chi connectivity index (χ1) is 11.4. The summed E-state index contributed by atoms with van der Waals surface area (Å²) in [5.74, 6) is -0.326. The van der Waals surface area contributed by atoms with Gasteiger partial charge in [0.05, 0.1) is 22.7 Å². The Morgan fingerprint density at radius 2 is 2.21 bits per heavy atom. The lowest BCUT2D eigenvalue weighted by atomic mass is 10.1. The summed E-state index contributed by atoms with van der Waals surface area (Å²) in [6.45, 7) is 3.59. The van der Waals surface area contributed by atoms with Gasteiger partial charge in [0.1, 0.15) is 11.0 Å². The Hall–Kier alpha value is -1.92. The van der Waals surface area contributed by atoms with Crippen molar-refractivity contribution in [2.75, 3.05) is 11.1 Å². The summed E-state index contributed by atoms with van der Waals surface area (Å²) in [6.07, 6.45) is 2.30. The molecule has 1 N–H and O–H groups in total. The van der Waals surface area contributed by atoms with Crippen LogP contribution in [0, 0.1) is 19.7 Å². The lowest BCUT2D eigenvalue weighted by molar-refractivity contribution is -0.113. The molecule has 0 radical (unpaired) electrons. The fourth-order valence-electron chi connectivity index (χ4n) is 2.35. The Morgan fingerprint density at radius 1 is 1.42 bits per heavy atom. The molecule has 2 aromatic rings. The number of aryl methyl sites for hydroxylation is 1. The monoisotopic (exact) mass is 363 g/mol. The first kappa shape index (κ1) is 16.9. The maximum Gasteiger partial charge on any atom is 0.234 e. The van der Waals surface area contributed by atoms with E-state index < -0.39 is 0 Å². The second-order valence-corrected chi connectivity index (χ2v) is 6.93. The van der Waals surface area contributed by atoms with Crippen molar-refractivity contribution in [2.24, 2.45) is 4.99 Å². The molecule has 0 atom stereocenters. The molecule has 0 bridgehead atoms. The number of fused-ring (bicyclic) bond motifs is 1. The maximum atomic E-state index is 13.5. The molecule has 1 amide bonds. The smallest absolute Gasteiger partial charge is 0.234 e. The van der Waals surface area contributed by atoms with E-state index in [0.717, 1.165) is 21.9 Å². The molecule has 0 unspecified atom stereocenters. The number of aliphatic imine (C=N–C) groups is 1. The van der Waals surface area contributed by atoms with Crippen molar-refractivity contribution in [3.63, 3.8) is 0 Å². The van der Waals surface area contributed by atoms with Crippen molar-refractivity contribution in [1.82, 2.24) is 4.98 Å². The number of hydrogen-bond acceptors (Lipinski definition) is 4. The highest BCUT2D eigenvalue weighted by Crippen LogP contribution is 2.34. The van der Waals surface area contributed by atoms with E-state index in [0.29, 0.717) is 22.8 Å². The van der Waals surface area contributed by atoms with Crippen LogP contribution in [0.5, 0.6) is 0 Å². The van der Waals surface area contributed by atoms with Crippen LogP contribution in [0.2, 0.25) is 5.15 Å². The molecule has 124 valence electrons. The van der Waals surface area contributed by atoms with Crippen LogP contribution >= 0.6 is 23.4 Å². The highest BCUT2D eigenvalue weighted by Gasteiger charge is 2.20. The summed E-state index contributed by atoms with van der Waals surface area (Å²) in [4.78, 5) is 20.6. The van der Waals surface area contributed by atoms with Gasteiger partial charge in [-0.1, -0.05) is 17.7 Å². The van der Waals surface area contributed by atoms with E-state index in [1.54, 1.807) is 25.3 Å². The molecule has 0 spiro atoms. The molecule has 0 saturated heterocycles. The SMILES string of the molecule is Cc1ccc(NC(=O)CSC2=Nc3cnc(Cl)c(C)c3C2)cc1F. The second kappa shape index (κ2) is 6.91. The van der Waals surface area contributed by atoms with Crippen molar-refractivity contribution < 1.29 is 9.18 Å². The number of rotatable bonds is 3. The summed E-state index contributed by atoms with van der Waals surface area (Å²) in [6, 6.07) is 4.63. The Bertz CT molecular complexity index is 854. The third kappa shape index (κ3) is 3.60. The molecule has 1 aromatic heterocycles. The number of hydrogen-bond donors (Lipinski definition) is 1. The van der Waals surface area contributed by atoms with Crippen LogP contribution in [-0.4, -0.2) is 21.7 Å². The van der Waals surface area contributed by atoms with Crippen LogP contribution in [0.4, 0.5) is 15.8 Å². The van der Waals surface area contributed by atoms with E-state index in [9.17, 15) is 9.18 Å². The maximum absolute atomic E-state index is 13.5. The minimum Gasteiger partial charge on any atom is -0.325 e. The van der Waals surface area contributed by atoms with Crippen molar-refractivity contribution in [1.29, 1.82) is 0 Å². The van der Waals surface area contributed by atoms with Crippen LogP contribution in [-0.2, 0) is 11.2 Å². The van der Waals surface area contributed by atoms with Gasteiger partial charge in [0.2, 0.25) is 5.91 Å². The van der Waals surface area contributed by atoms with E-state index >= 15 is 0 Å². The van der Waals surface area contributed by atoms with Crippen LogP contribution in [0.25, 0.3) is 0 Å². The highest BCUT2D eigenvalue weighted by molar-refractivity contribution is 8.14. The second-order valence-electron chi connectivity index (χ2n) is 5.52. The van der Waals surface area contributed by atoms with Crippen molar-refractivity contribution in [3.8, 4) is 0 Å². The van der Waals surface area contributed by atoms with Crippen LogP contribution < -0.4 is 5.32 Å². The summed E-state index contributed by atoms with van der Waals surface area (Å²) in [7, 11) is 0. The number of carbonyl (C=O) groups excluding carboxylic acids is 1. The van der Waals surface area contributed by atoms with Gasteiger partial charge in [-0.15, -0.1) is 11.8 Å². The number of amides is 1. The largest absolute Gasteiger partial charge is 0.325 e. The normalized spacial score (nSPS) is 12.8. The molecule has 2 heterocycles. The van der Waals surface area contributed by atoms with Crippen molar-refractivity contribution in [2.45, 2.75) is 20.3 Å². The minimum atomic E-state index is -0.337. The molecular weight excluding hydrogens is 349 g/mol. The number of carbonyl (C=O) groups is 1. The van der Waals surface area contributed by atoms with E-state index in [-0.39, 0.29) is 17.5 Å². The van der Waals surface area contributed by atoms with Gasteiger partial charge in [0, 0.05) is 12.1 Å². The summed E-state index contributed by atoms with van der Waals surface area (Å²) >= 11 is 7.38. The lowest BCUT2D eigenvalue weighted by Gasteiger charge is -2.06. The van der Waals surface area contributed by atoms with Gasteiger partial charge in [0.15, 0.2) is 0 Å². The number of nitrogens with one attached hydrogen (secondary N) is 1. The number of nitrogens with zero attached hydrogens (tertiary/aromatic N) is 2. The molecule has 3 rings (SSSR count). The highest BCUT2D eigenvalue weighted by atomic mass is 35.5. The van der Waals surface area contributed by atoms with E-state index in [1.165, 1.54) is 17.8 Å². The van der Waals surface area contributed by atoms with E-state index in [1.807, 2.05) is 6.92 Å². The average Bonchev–Trinajstić information content (AvgIpc) is 2.97. The summed E-state index contributed by atoms with van der Waals surface area (Å²) in [5, 5.41) is 4.02. The molecule has 24 heavy (non-hydrogen) atoms. The van der Waals surface area contributed by atoms with Crippen LogP contribution in [0.1, 0.15) is 16.7 Å². The standard InChI is InChI=1S/C17H15ClFN3OS/c1-9-3-4-11(5-13(9)19)21-15(23)8-24-16-6-12-10(2)17(18)20-7-14(12)22-16/h3-5,7H,6,8H2,1-2H3,(H,21,23). The molecule has 0 fully saturated rings. The molecule has 0 aliphatic carbocycles. The Labute approximate surface area is 148 Å². The molecular formula is C17H15ClFN3OS. The molecule has 1 aliphatic rings. The summed E-state index contributed by atoms with van der Waals surface area (Å²) < 4.78 is 13.5. The quantitative estimate of drug-likeness (QED) is 0.820. The zero-order chi connectivity index (χ0) is 17.3. The fourth-order valence-corrected chi connectivity index (χ4v) is 3.30. The van der Waals surface area contributed by atoms with Gasteiger partial charge in [-0.05, 0) is 42.7 Å². The Balaban J connectivity index is 1.58. The van der Waals surface area contributed by atoms with Crippen LogP contribution in [0.3, 0.4) is 0 Å². The zero-order valence-electron chi connectivity index (χ0n) is 13.2. The molecule has 0 saturated carbocycles. The van der Waals surface area contributed by atoms with Gasteiger partial charge in [-0.25, -0.2) is 14.4 Å². The predicted molar refractivity (Wildman–Crippen MR) is 97.0 cm³/mol. The predicted octanol–water partition coefficient (Wildman–Crippen LogP) is 4.45. The van der Waals surface area contributed by atoms with E-state index in [2.05, 4.69) is 15.3 Å². The fraction of sp³-hybridized carbons (Fsp3) is 0.235.